The van der Waals surface area contributed by atoms with E-state index in [1.807, 2.05) is 6.07 Å². The number of rotatable bonds is 6. The largest absolute Gasteiger partial charge is 0.491 e. The zero-order chi connectivity index (χ0) is 27.8. The summed E-state index contributed by atoms with van der Waals surface area (Å²) in [7, 11) is 0. The second-order valence-corrected chi connectivity index (χ2v) is 10.00. The van der Waals surface area contributed by atoms with Gasteiger partial charge in [-0.3, -0.25) is 14.3 Å². The van der Waals surface area contributed by atoms with Crippen LogP contribution in [-0.2, 0) is 6.54 Å². The van der Waals surface area contributed by atoms with Gasteiger partial charge in [0, 0.05) is 22.7 Å². The molecule has 5 rings (SSSR count). The molecule has 0 aliphatic heterocycles. The average molecular weight is 576 g/mol. The number of halogens is 2. The molecule has 0 amide bonds. The Morgan fingerprint density at radius 1 is 1.18 bits per heavy atom. The molecule has 192 valence electrons. The fourth-order valence-electron chi connectivity index (χ4n) is 4.28. The van der Waals surface area contributed by atoms with Gasteiger partial charge in [-0.1, -0.05) is 23.2 Å². The quantitative estimate of drug-likeness (QED) is 0.267. The molecule has 12 heteroatoms. The van der Waals surface area contributed by atoms with Gasteiger partial charge in [0.2, 0.25) is 0 Å². The van der Waals surface area contributed by atoms with Crippen molar-refractivity contribution in [2.75, 3.05) is 6.61 Å². The first-order chi connectivity index (χ1) is 18.7. The van der Waals surface area contributed by atoms with Crippen molar-refractivity contribution in [2.45, 2.75) is 13.5 Å². The van der Waals surface area contributed by atoms with Crippen LogP contribution in [-0.4, -0.2) is 32.2 Å². The molecule has 0 radical (unpaired) electrons. The van der Waals surface area contributed by atoms with E-state index in [1.165, 1.54) is 33.5 Å². The normalized spacial score (nSPS) is 10.9. The minimum Gasteiger partial charge on any atom is -0.491 e. The van der Waals surface area contributed by atoms with Crippen molar-refractivity contribution in [1.29, 1.82) is 10.5 Å². The molecule has 9 nitrogen and oxygen atoms in total. The highest BCUT2D eigenvalue weighted by atomic mass is 35.5. The minimum absolute atomic E-state index is 0.0113. The number of nitrogens with zero attached hydrogens (tertiary/aromatic N) is 5. The number of carboxylic acid groups (broad SMARTS) is 1. The molecule has 5 aromatic rings. The van der Waals surface area contributed by atoms with Crippen LogP contribution in [0.1, 0.15) is 27.3 Å². The van der Waals surface area contributed by atoms with E-state index < -0.39 is 11.5 Å². The third-order valence-corrected chi connectivity index (χ3v) is 7.89. The summed E-state index contributed by atoms with van der Waals surface area (Å²) in [6.07, 6.45) is 1.51. The Balaban J connectivity index is 1.52. The summed E-state index contributed by atoms with van der Waals surface area (Å²) in [5.74, 6) is -0.256. The Labute approximate surface area is 234 Å². The fraction of sp³-hybridized carbons (Fsp3) is 0.111. The van der Waals surface area contributed by atoms with Crippen molar-refractivity contribution in [2.24, 2.45) is 0 Å². The first kappa shape index (κ1) is 26.1. The number of hydrogen-bond acceptors (Lipinski definition) is 8. The fourth-order valence-corrected chi connectivity index (χ4v) is 5.70. The SMILES string of the molecule is Cc1nc2cc(Cl)c(Cl)c(C#N)c2c(=O)n1CCOc1ccc(C#N)cc1-c1ccnc2c(C(=O)O)csc12. The van der Waals surface area contributed by atoms with Crippen molar-refractivity contribution in [3.8, 4) is 29.0 Å². The monoisotopic (exact) mass is 575 g/mol. The summed E-state index contributed by atoms with van der Waals surface area (Å²) in [6, 6.07) is 12.1. The van der Waals surface area contributed by atoms with Gasteiger partial charge in [-0.05, 0) is 37.3 Å². The van der Waals surface area contributed by atoms with Gasteiger partial charge in [-0.15, -0.1) is 11.3 Å². The summed E-state index contributed by atoms with van der Waals surface area (Å²) in [5.41, 5.74) is 1.84. The lowest BCUT2D eigenvalue weighted by Crippen LogP contribution is -2.27. The van der Waals surface area contributed by atoms with Gasteiger partial charge >= 0.3 is 5.97 Å². The molecule has 0 aliphatic rings. The number of aromatic carboxylic acids is 1. The number of benzene rings is 2. The molecule has 0 fully saturated rings. The van der Waals surface area contributed by atoms with Crippen LogP contribution in [0.15, 0.2) is 46.7 Å². The molecular formula is C27H15Cl2N5O4S. The summed E-state index contributed by atoms with van der Waals surface area (Å²) >= 11 is 13.5. The molecule has 0 spiro atoms. The number of carbonyl (C=O) groups is 1. The van der Waals surface area contributed by atoms with Crippen LogP contribution < -0.4 is 10.3 Å². The summed E-state index contributed by atoms with van der Waals surface area (Å²) in [4.78, 5) is 33.6. The lowest BCUT2D eigenvalue weighted by Gasteiger charge is -2.15. The Hall–Kier alpha value is -4.48. The summed E-state index contributed by atoms with van der Waals surface area (Å²) in [6.45, 7) is 1.81. The molecule has 1 N–H and O–H groups in total. The number of hydrogen-bond donors (Lipinski definition) is 1. The number of carboxylic acids is 1. The van der Waals surface area contributed by atoms with Gasteiger partial charge in [0.15, 0.2) is 0 Å². The third kappa shape index (κ3) is 4.55. The van der Waals surface area contributed by atoms with Crippen LogP contribution in [0.3, 0.4) is 0 Å². The second kappa shape index (κ2) is 10.4. The zero-order valence-electron chi connectivity index (χ0n) is 20.0. The number of nitriles is 2. The maximum absolute atomic E-state index is 13.3. The minimum atomic E-state index is -1.08. The van der Waals surface area contributed by atoms with E-state index in [1.54, 1.807) is 31.2 Å². The van der Waals surface area contributed by atoms with Gasteiger partial charge in [-0.2, -0.15) is 10.5 Å². The summed E-state index contributed by atoms with van der Waals surface area (Å²) in [5, 5.41) is 30.3. The first-order valence-corrected chi connectivity index (χ1v) is 12.9. The number of aryl methyl sites for hydroxylation is 1. The molecule has 39 heavy (non-hydrogen) atoms. The number of fused-ring (bicyclic) bond motifs is 2. The average Bonchev–Trinajstić information content (AvgIpc) is 3.36. The van der Waals surface area contributed by atoms with E-state index in [9.17, 15) is 25.2 Å². The highest BCUT2D eigenvalue weighted by Crippen LogP contribution is 2.39. The molecule has 3 heterocycles. The van der Waals surface area contributed by atoms with Crippen molar-refractivity contribution in [3.63, 3.8) is 0 Å². The van der Waals surface area contributed by atoms with Crippen LogP contribution in [0.25, 0.3) is 32.2 Å². The highest BCUT2D eigenvalue weighted by molar-refractivity contribution is 7.18. The van der Waals surface area contributed by atoms with Crippen molar-refractivity contribution >= 4 is 61.6 Å². The molecular weight excluding hydrogens is 561 g/mol. The second-order valence-electron chi connectivity index (χ2n) is 8.33. The van der Waals surface area contributed by atoms with Gasteiger partial charge in [0.05, 0.1) is 60.5 Å². The number of aromatic nitrogens is 3. The molecule has 0 saturated heterocycles. The molecule has 0 bridgehead atoms. The molecule has 0 atom stereocenters. The van der Waals surface area contributed by atoms with Crippen LogP contribution in [0.2, 0.25) is 10.0 Å². The standard InChI is InChI=1S/C27H15Cl2N5O4S/c1-13-33-20-9-19(28)23(29)17(11-31)22(20)26(35)34(13)6-7-38-21-3-2-14(10-30)8-16(21)15-4-5-32-24-18(27(36)37)12-39-25(15)24/h2-5,8-9,12H,6-7H2,1H3,(H,36,37). The molecule has 2 aromatic carbocycles. The number of ether oxygens (including phenoxy) is 1. The molecule has 0 aliphatic carbocycles. The van der Waals surface area contributed by atoms with E-state index in [2.05, 4.69) is 16.0 Å². The third-order valence-electron chi connectivity index (χ3n) is 6.10. The van der Waals surface area contributed by atoms with E-state index in [4.69, 9.17) is 27.9 Å². The Kier molecular flexibility index (Phi) is 6.94. The van der Waals surface area contributed by atoms with Crippen molar-refractivity contribution < 1.29 is 14.6 Å². The number of thiophene rings is 1. The Morgan fingerprint density at radius 2 is 1.97 bits per heavy atom. The summed E-state index contributed by atoms with van der Waals surface area (Å²) < 4.78 is 8.11. The van der Waals surface area contributed by atoms with Gasteiger partial charge < -0.3 is 9.84 Å². The number of pyridine rings is 1. The van der Waals surface area contributed by atoms with E-state index in [0.717, 1.165) is 0 Å². The molecule has 0 saturated carbocycles. The lowest BCUT2D eigenvalue weighted by atomic mass is 10.0. The smallest absolute Gasteiger partial charge is 0.338 e. The topological polar surface area (TPSA) is 142 Å². The van der Waals surface area contributed by atoms with Gasteiger partial charge in [0.25, 0.3) is 5.56 Å². The molecule has 3 aromatic heterocycles. The Bertz CT molecular complexity index is 1970. The highest BCUT2D eigenvalue weighted by Gasteiger charge is 2.20. The lowest BCUT2D eigenvalue weighted by molar-refractivity contribution is 0.0699. The first-order valence-electron chi connectivity index (χ1n) is 11.3. The van der Waals surface area contributed by atoms with Gasteiger partial charge in [0.1, 0.15) is 24.3 Å². The molecule has 0 unspecified atom stereocenters. The van der Waals surface area contributed by atoms with Gasteiger partial charge in [-0.25, -0.2) is 9.78 Å². The van der Waals surface area contributed by atoms with Crippen molar-refractivity contribution in [1.82, 2.24) is 14.5 Å². The predicted molar refractivity (Wildman–Crippen MR) is 148 cm³/mol. The predicted octanol–water partition coefficient (Wildman–Crippen LogP) is 5.81. The maximum Gasteiger partial charge on any atom is 0.338 e. The zero-order valence-corrected chi connectivity index (χ0v) is 22.4. The van der Waals surface area contributed by atoms with Crippen LogP contribution in [0.4, 0.5) is 0 Å². The Morgan fingerprint density at radius 3 is 2.69 bits per heavy atom. The van der Waals surface area contributed by atoms with Crippen LogP contribution >= 0.6 is 34.5 Å². The van der Waals surface area contributed by atoms with Crippen LogP contribution in [0, 0.1) is 29.6 Å². The van der Waals surface area contributed by atoms with E-state index in [0.29, 0.717) is 38.5 Å². The van der Waals surface area contributed by atoms with Crippen LogP contribution in [0.5, 0.6) is 5.75 Å². The van der Waals surface area contributed by atoms with Crippen molar-refractivity contribution in [3.05, 3.63) is 84.8 Å². The van der Waals surface area contributed by atoms with E-state index >= 15 is 0 Å². The van der Waals surface area contributed by atoms with E-state index in [-0.39, 0.29) is 45.2 Å². The maximum atomic E-state index is 13.3.